The van der Waals surface area contributed by atoms with Gasteiger partial charge in [-0.15, -0.1) is 0 Å². The van der Waals surface area contributed by atoms with Crippen LogP contribution in [0.25, 0.3) is 22.1 Å². The first-order chi connectivity index (χ1) is 9.04. The number of aromatic nitrogens is 2. The molecule has 2 N–H and O–H groups in total. The normalized spacial score (nSPS) is 11.6. The van der Waals surface area contributed by atoms with Gasteiger partial charge < -0.3 is 0 Å². The minimum absolute atomic E-state index is 0.774. The summed E-state index contributed by atoms with van der Waals surface area (Å²) in [5.41, 5.74) is 16.1. The third kappa shape index (κ3) is 2.19. The van der Waals surface area contributed by atoms with Crippen LogP contribution in [0.2, 0.25) is 11.4 Å². The molecule has 0 spiro atoms. The molecule has 1 heterocycles. The number of anilines is 1. The van der Waals surface area contributed by atoms with Crippen LogP contribution in [0.5, 0.6) is 0 Å². The van der Waals surface area contributed by atoms with Gasteiger partial charge in [0.05, 0.1) is 0 Å². The van der Waals surface area contributed by atoms with Crippen molar-refractivity contribution in [3.8, 4) is 0 Å². The zero-order valence-electron chi connectivity index (χ0n) is 11.3. The fourth-order valence-electron chi connectivity index (χ4n) is 2.11. The summed E-state index contributed by atoms with van der Waals surface area (Å²) in [6.45, 7) is 1.99. The fraction of sp³-hybridized carbons (Fsp3) is 0.200. The molecule has 0 aliphatic rings. The molecule has 3 nitrogen and oxygen atoms in total. The first-order valence-electron chi connectivity index (χ1n) is 6.19. The van der Waals surface area contributed by atoms with Crippen molar-refractivity contribution in [2.24, 2.45) is 0 Å². The molecule has 0 saturated heterocycles. The molecule has 0 radical (unpaired) electrons. The summed E-state index contributed by atoms with van der Waals surface area (Å²) in [6, 6.07) is 10.4. The second-order valence-electron chi connectivity index (χ2n) is 4.99. The second-order valence-corrected chi connectivity index (χ2v) is 9.83. The molecule has 0 amide bonds. The van der Waals surface area contributed by atoms with Gasteiger partial charge in [-0.3, -0.25) is 0 Å². The van der Waals surface area contributed by atoms with Crippen LogP contribution in [0.4, 0.5) is 5.69 Å². The van der Waals surface area contributed by atoms with Crippen molar-refractivity contribution in [2.45, 2.75) is 18.3 Å². The number of aryl methyl sites for hydroxylation is 1. The van der Waals surface area contributed by atoms with E-state index in [1.54, 1.807) is 0 Å². The van der Waals surface area contributed by atoms with Crippen molar-refractivity contribution in [3.63, 3.8) is 0 Å². The quantitative estimate of drug-likeness (QED) is 0.427. The van der Waals surface area contributed by atoms with Crippen molar-refractivity contribution < 1.29 is 0 Å². The third-order valence-electron chi connectivity index (χ3n) is 3.32. The molecule has 0 aliphatic carbocycles. The number of nitrogens with zero attached hydrogens (tertiary/aromatic N) is 2. The monoisotopic (exact) mass is 313 g/mol. The maximum atomic E-state index is 5.95. The predicted octanol–water partition coefficient (Wildman–Crippen LogP) is 2.64. The summed E-state index contributed by atoms with van der Waals surface area (Å²) in [5, 5.41) is 0. The Morgan fingerprint density at radius 3 is 2.26 bits per heavy atom. The van der Waals surface area contributed by atoms with Gasteiger partial charge in [-0.2, -0.15) is 0 Å². The Kier molecular flexibility index (Phi) is 2.94. The Bertz CT molecular complexity index is 781. The van der Waals surface area contributed by atoms with Crippen LogP contribution in [0.15, 0.2) is 30.3 Å². The van der Waals surface area contributed by atoms with E-state index in [-0.39, 0.29) is 0 Å². The van der Waals surface area contributed by atoms with Gasteiger partial charge in [0.25, 0.3) is 0 Å². The fourth-order valence-corrected chi connectivity index (χ4v) is 3.69. The summed E-state index contributed by atoms with van der Waals surface area (Å²) in [5.74, 6) is 0. The van der Waals surface area contributed by atoms with Gasteiger partial charge in [-0.1, -0.05) is 0 Å². The molecule has 0 atom stereocenters. The standard InChI is InChI=1S/C15H16AsN3/c1-9-6-13-15(8-11(9)17)19-14-7-10(16(2)3)4-5-12(14)18-13/h4-8H,17H2,1-3H3. The Morgan fingerprint density at radius 2 is 1.53 bits per heavy atom. The van der Waals surface area contributed by atoms with Crippen molar-refractivity contribution in [1.29, 1.82) is 0 Å². The number of rotatable bonds is 1. The molecule has 0 unspecified atom stereocenters. The van der Waals surface area contributed by atoms with E-state index in [4.69, 9.17) is 10.7 Å². The van der Waals surface area contributed by atoms with E-state index in [1.807, 2.05) is 19.1 Å². The molecule has 3 rings (SSSR count). The predicted molar refractivity (Wildman–Crippen MR) is 83.3 cm³/mol. The van der Waals surface area contributed by atoms with Crippen LogP contribution >= 0.6 is 0 Å². The van der Waals surface area contributed by atoms with E-state index < -0.39 is 14.7 Å². The van der Waals surface area contributed by atoms with Gasteiger partial charge in [0.15, 0.2) is 0 Å². The summed E-state index contributed by atoms with van der Waals surface area (Å²) >= 11 is -0.874. The summed E-state index contributed by atoms with van der Waals surface area (Å²) in [7, 11) is 0. The Hall–Kier alpha value is -1.60. The molecule has 3 aromatic rings. The van der Waals surface area contributed by atoms with Crippen LogP contribution in [-0.4, -0.2) is 24.6 Å². The van der Waals surface area contributed by atoms with Gasteiger partial charge in [-0.25, -0.2) is 0 Å². The minimum atomic E-state index is -0.874. The van der Waals surface area contributed by atoms with Crippen LogP contribution in [-0.2, 0) is 0 Å². The van der Waals surface area contributed by atoms with Crippen LogP contribution in [0.1, 0.15) is 5.56 Å². The van der Waals surface area contributed by atoms with E-state index in [0.717, 1.165) is 33.3 Å². The SMILES string of the molecule is Cc1cc2nc3ccc([As](C)C)cc3nc2cc1N. The van der Waals surface area contributed by atoms with Crippen molar-refractivity contribution in [1.82, 2.24) is 9.97 Å². The van der Waals surface area contributed by atoms with Crippen molar-refractivity contribution in [3.05, 3.63) is 35.9 Å². The Labute approximate surface area is 117 Å². The molecular weight excluding hydrogens is 297 g/mol. The number of fused-ring (bicyclic) bond motifs is 2. The average Bonchev–Trinajstić information content (AvgIpc) is 2.37. The van der Waals surface area contributed by atoms with Gasteiger partial charge >= 0.3 is 117 Å². The zero-order chi connectivity index (χ0) is 13.6. The summed E-state index contributed by atoms with van der Waals surface area (Å²) < 4.78 is 1.42. The van der Waals surface area contributed by atoms with E-state index in [1.165, 1.54) is 4.35 Å². The van der Waals surface area contributed by atoms with Crippen molar-refractivity contribution >= 4 is 46.8 Å². The van der Waals surface area contributed by atoms with E-state index >= 15 is 0 Å². The number of nitrogen functional groups attached to an aromatic ring is 1. The number of hydrogen-bond acceptors (Lipinski definition) is 3. The van der Waals surface area contributed by atoms with Crippen molar-refractivity contribution in [2.75, 3.05) is 5.73 Å². The second kappa shape index (κ2) is 4.50. The summed E-state index contributed by atoms with van der Waals surface area (Å²) in [6.07, 6.45) is 0. The van der Waals surface area contributed by atoms with Gasteiger partial charge in [0, 0.05) is 0 Å². The van der Waals surface area contributed by atoms with Gasteiger partial charge in [0.1, 0.15) is 0 Å². The number of benzene rings is 2. The third-order valence-corrected chi connectivity index (χ3v) is 6.07. The average molecular weight is 313 g/mol. The molecule has 0 bridgehead atoms. The molecule has 96 valence electrons. The molecule has 0 aliphatic heterocycles. The topological polar surface area (TPSA) is 51.8 Å². The Morgan fingerprint density at radius 1 is 0.895 bits per heavy atom. The number of hydrogen-bond donors (Lipinski definition) is 1. The molecule has 0 fully saturated rings. The molecule has 19 heavy (non-hydrogen) atoms. The molecule has 2 aromatic carbocycles. The van der Waals surface area contributed by atoms with Crippen LogP contribution in [0, 0.1) is 6.92 Å². The van der Waals surface area contributed by atoms with Gasteiger partial charge in [0.2, 0.25) is 0 Å². The number of nitrogens with two attached hydrogens (primary N) is 1. The molecule has 1 aromatic heterocycles. The molecule has 4 heteroatoms. The molecule has 0 saturated carbocycles. The van der Waals surface area contributed by atoms with E-state index in [9.17, 15) is 0 Å². The first kappa shape index (κ1) is 12.4. The maximum absolute atomic E-state index is 5.95. The van der Waals surface area contributed by atoms with E-state index in [0.29, 0.717) is 0 Å². The Balaban J connectivity index is 2.32. The zero-order valence-corrected chi connectivity index (χ0v) is 13.2. The van der Waals surface area contributed by atoms with E-state index in [2.05, 4.69) is 34.6 Å². The summed E-state index contributed by atoms with van der Waals surface area (Å²) in [4.78, 5) is 9.38. The van der Waals surface area contributed by atoms with Gasteiger partial charge in [-0.05, 0) is 0 Å². The first-order valence-corrected chi connectivity index (χ1v) is 10.9. The van der Waals surface area contributed by atoms with Crippen LogP contribution in [0.3, 0.4) is 0 Å². The molecular formula is C15H16AsN3. The van der Waals surface area contributed by atoms with Crippen LogP contribution < -0.4 is 10.1 Å².